The third-order valence-corrected chi connectivity index (χ3v) is 4.60. The van der Waals surface area contributed by atoms with E-state index in [1.807, 2.05) is 12.3 Å². The van der Waals surface area contributed by atoms with Gasteiger partial charge in [-0.3, -0.25) is 4.79 Å². The van der Waals surface area contributed by atoms with Gasteiger partial charge < -0.3 is 20.3 Å². The number of morpholine rings is 1. The van der Waals surface area contributed by atoms with E-state index in [2.05, 4.69) is 33.5 Å². The number of aromatic nitrogens is 1. The molecule has 0 bridgehead atoms. The van der Waals surface area contributed by atoms with E-state index in [0.29, 0.717) is 19.7 Å². The van der Waals surface area contributed by atoms with Crippen LogP contribution in [0.2, 0.25) is 0 Å². The van der Waals surface area contributed by atoms with Gasteiger partial charge in [-0.05, 0) is 30.4 Å². The standard InChI is InChI=1S/C17H26N4O2.2ClH/c1-13-4-7-21(8-5-13)16-3-2-14(10-19-16)11-20-17(22)15-12-18-6-9-23-15;;/h2-3,10,13,15,18H,4-9,11-12H2,1H3,(H,20,22);2*1H/t15-;;/m1../s1. The quantitative estimate of drug-likeness (QED) is 0.819. The number of piperidine rings is 1. The fraction of sp³-hybridized carbons (Fsp3) is 0.647. The molecule has 0 aliphatic carbocycles. The maximum absolute atomic E-state index is 12.0. The van der Waals surface area contributed by atoms with Gasteiger partial charge in [0.05, 0.1) is 6.61 Å². The van der Waals surface area contributed by atoms with Crippen molar-refractivity contribution in [2.24, 2.45) is 5.92 Å². The van der Waals surface area contributed by atoms with Gasteiger partial charge in [-0.25, -0.2) is 4.98 Å². The Balaban J connectivity index is 0.00000156. The van der Waals surface area contributed by atoms with Crippen molar-refractivity contribution < 1.29 is 9.53 Å². The lowest BCUT2D eigenvalue weighted by atomic mass is 9.99. The number of rotatable bonds is 4. The van der Waals surface area contributed by atoms with E-state index >= 15 is 0 Å². The highest BCUT2D eigenvalue weighted by Gasteiger charge is 2.21. The van der Waals surface area contributed by atoms with E-state index in [0.717, 1.165) is 36.9 Å². The van der Waals surface area contributed by atoms with Gasteiger partial charge in [0.15, 0.2) is 0 Å². The number of anilines is 1. The fourth-order valence-corrected chi connectivity index (χ4v) is 2.98. The summed E-state index contributed by atoms with van der Waals surface area (Å²) < 4.78 is 5.44. The van der Waals surface area contributed by atoms with E-state index in [-0.39, 0.29) is 36.8 Å². The zero-order chi connectivity index (χ0) is 16.1. The molecular weight excluding hydrogens is 363 g/mol. The highest BCUT2D eigenvalue weighted by atomic mass is 35.5. The lowest BCUT2D eigenvalue weighted by Crippen LogP contribution is -2.47. The Morgan fingerprint density at radius 2 is 2.12 bits per heavy atom. The van der Waals surface area contributed by atoms with E-state index in [1.54, 1.807) is 0 Å². The van der Waals surface area contributed by atoms with Gasteiger partial charge in [0.25, 0.3) is 5.91 Å². The maximum Gasteiger partial charge on any atom is 0.250 e. The molecule has 2 aliphatic heterocycles. The summed E-state index contributed by atoms with van der Waals surface area (Å²) in [5.41, 5.74) is 1.01. The molecule has 25 heavy (non-hydrogen) atoms. The number of ether oxygens (including phenoxy) is 1. The Hall–Kier alpha value is -1.08. The Labute approximate surface area is 161 Å². The second-order valence-electron chi connectivity index (χ2n) is 6.48. The largest absolute Gasteiger partial charge is 0.366 e. The third kappa shape index (κ3) is 6.29. The minimum Gasteiger partial charge on any atom is -0.366 e. The normalized spacial score (nSPS) is 21.0. The minimum atomic E-state index is -0.383. The number of pyridine rings is 1. The molecule has 2 saturated heterocycles. The second-order valence-corrected chi connectivity index (χ2v) is 6.48. The first kappa shape index (κ1) is 22.0. The zero-order valence-electron chi connectivity index (χ0n) is 14.6. The average molecular weight is 391 g/mol. The van der Waals surface area contributed by atoms with Crippen LogP contribution in [0.1, 0.15) is 25.3 Å². The van der Waals surface area contributed by atoms with Crippen LogP contribution in [-0.2, 0) is 16.1 Å². The van der Waals surface area contributed by atoms with Gasteiger partial charge in [0.2, 0.25) is 0 Å². The number of hydrogen-bond donors (Lipinski definition) is 2. The molecule has 0 unspecified atom stereocenters. The lowest BCUT2D eigenvalue weighted by molar-refractivity contribution is -0.134. The minimum absolute atomic E-state index is 0. The van der Waals surface area contributed by atoms with Crippen molar-refractivity contribution >= 4 is 36.5 Å². The monoisotopic (exact) mass is 390 g/mol. The van der Waals surface area contributed by atoms with Crippen molar-refractivity contribution in [1.29, 1.82) is 0 Å². The molecule has 1 atom stereocenters. The summed E-state index contributed by atoms with van der Waals surface area (Å²) in [7, 11) is 0. The molecule has 1 aromatic heterocycles. The number of halogens is 2. The first-order valence-corrected chi connectivity index (χ1v) is 8.52. The summed E-state index contributed by atoms with van der Waals surface area (Å²) >= 11 is 0. The first-order chi connectivity index (χ1) is 11.2. The molecule has 1 amide bonds. The number of hydrogen-bond acceptors (Lipinski definition) is 5. The van der Waals surface area contributed by atoms with E-state index in [9.17, 15) is 4.79 Å². The van der Waals surface area contributed by atoms with E-state index in [4.69, 9.17) is 4.74 Å². The molecule has 2 aliphatic rings. The van der Waals surface area contributed by atoms with E-state index < -0.39 is 0 Å². The summed E-state index contributed by atoms with van der Waals surface area (Å²) in [4.78, 5) is 18.9. The van der Waals surface area contributed by atoms with Gasteiger partial charge in [-0.15, -0.1) is 24.8 Å². The summed E-state index contributed by atoms with van der Waals surface area (Å²) in [6.45, 7) is 6.93. The maximum atomic E-state index is 12.0. The lowest BCUT2D eigenvalue weighted by Gasteiger charge is -2.31. The Morgan fingerprint density at radius 1 is 1.36 bits per heavy atom. The van der Waals surface area contributed by atoms with Crippen LogP contribution in [0.15, 0.2) is 18.3 Å². The highest BCUT2D eigenvalue weighted by Crippen LogP contribution is 2.21. The predicted octanol–water partition coefficient (Wildman–Crippen LogP) is 1.77. The van der Waals surface area contributed by atoms with Crippen LogP contribution >= 0.6 is 24.8 Å². The number of carbonyl (C=O) groups excluding carboxylic acids is 1. The second kappa shape index (κ2) is 10.8. The van der Waals surface area contributed by atoms with Gasteiger partial charge in [-0.2, -0.15) is 0 Å². The Morgan fingerprint density at radius 3 is 2.72 bits per heavy atom. The molecule has 0 spiro atoms. The molecule has 6 nitrogen and oxygen atoms in total. The zero-order valence-corrected chi connectivity index (χ0v) is 16.2. The van der Waals surface area contributed by atoms with Crippen molar-refractivity contribution in [3.63, 3.8) is 0 Å². The smallest absolute Gasteiger partial charge is 0.250 e. The van der Waals surface area contributed by atoms with Crippen LogP contribution < -0.4 is 15.5 Å². The fourth-order valence-electron chi connectivity index (χ4n) is 2.98. The first-order valence-electron chi connectivity index (χ1n) is 8.52. The predicted molar refractivity (Wildman–Crippen MR) is 104 cm³/mol. The Bertz CT molecular complexity index is 516. The van der Waals surface area contributed by atoms with Crippen molar-refractivity contribution in [2.45, 2.75) is 32.4 Å². The molecule has 142 valence electrons. The van der Waals surface area contributed by atoms with Crippen molar-refractivity contribution in [3.8, 4) is 0 Å². The molecule has 1 aromatic rings. The highest BCUT2D eigenvalue weighted by molar-refractivity contribution is 5.85. The van der Waals surface area contributed by atoms with Crippen LogP contribution in [0.25, 0.3) is 0 Å². The molecule has 3 heterocycles. The molecule has 0 saturated carbocycles. The van der Waals surface area contributed by atoms with Crippen LogP contribution in [-0.4, -0.2) is 49.8 Å². The number of carbonyl (C=O) groups is 1. The van der Waals surface area contributed by atoms with Crippen molar-refractivity contribution in [1.82, 2.24) is 15.6 Å². The van der Waals surface area contributed by atoms with Crippen molar-refractivity contribution in [2.75, 3.05) is 37.7 Å². The van der Waals surface area contributed by atoms with Gasteiger partial charge in [-0.1, -0.05) is 13.0 Å². The number of nitrogens with one attached hydrogen (secondary N) is 2. The average Bonchev–Trinajstić information content (AvgIpc) is 2.61. The summed E-state index contributed by atoms with van der Waals surface area (Å²) in [5, 5.41) is 6.07. The summed E-state index contributed by atoms with van der Waals surface area (Å²) in [6, 6.07) is 4.09. The molecule has 8 heteroatoms. The van der Waals surface area contributed by atoms with Gasteiger partial charge in [0.1, 0.15) is 11.9 Å². The molecule has 2 fully saturated rings. The van der Waals surface area contributed by atoms with Crippen LogP contribution in [0, 0.1) is 5.92 Å². The van der Waals surface area contributed by atoms with Crippen LogP contribution in [0.5, 0.6) is 0 Å². The molecule has 3 rings (SSSR count). The number of amides is 1. The van der Waals surface area contributed by atoms with Crippen molar-refractivity contribution in [3.05, 3.63) is 23.9 Å². The molecular formula is C17H28Cl2N4O2. The van der Waals surface area contributed by atoms with Gasteiger partial charge >= 0.3 is 0 Å². The van der Waals surface area contributed by atoms with Crippen LogP contribution in [0.3, 0.4) is 0 Å². The van der Waals surface area contributed by atoms with E-state index in [1.165, 1.54) is 12.8 Å². The number of nitrogens with zero attached hydrogens (tertiary/aromatic N) is 2. The summed E-state index contributed by atoms with van der Waals surface area (Å²) in [6.07, 6.45) is 3.93. The molecule has 0 aromatic carbocycles. The van der Waals surface area contributed by atoms with Crippen LogP contribution in [0.4, 0.5) is 5.82 Å². The SMILES string of the molecule is CC1CCN(c2ccc(CNC(=O)[C@H]3CNCCO3)cn2)CC1.Cl.Cl. The summed E-state index contributed by atoms with van der Waals surface area (Å²) in [5.74, 6) is 1.79. The molecule has 2 N–H and O–H groups in total. The third-order valence-electron chi connectivity index (χ3n) is 4.60. The van der Waals surface area contributed by atoms with Gasteiger partial charge in [0, 0.05) is 38.9 Å². The topological polar surface area (TPSA) is 66.5 Å². The molecule has 0 radical (unpaired) electrons. The Kier molecular flexibility index (Phi) is 9.50.